The van der Waals surface area contributed by atoms with Gasteiger partial charge in [0.2, 0.25) is 11.7 Å². The van der Waals surface area contributed by atoms with Gasteiger partial charge in [0.25, 0.3) is 5.89 Å². The Labute approximate surface area is 214 Å². The van der Waals surface area contributed by atoms with Crippen molar-refractivity contribution in [1.29, 1.82) is 0 Å². The molecule has 1 amide bonds. The number of fused-ring (bicyclic) bond motifs is 1. The number of hydrogen-bond donors (Lipinski definition) is 2. The molecule has 10 nitrogen and oxygen atoms in total. The van der Waals surface area contributed by atoms with Gasteiger partial charge < -0.3 is 25.6 Å². The van der Waals surface area contributed by atoms with Gasteiger partial charge in [-0.3, -0.25) is 4.79 Å². The third-order valence-electron chi connectivity index (χ3n) is 5.59. The summed E-state index contributed by atoms with van der Waals surface area (Å²) in [5, 5.41) is 3.37. The summed E-state index contributed by atoms with van der Waals surface area (Å²) in [6.45, 7) is 3.55. The Balaban J connectivity index is 1.80. The number of carbonyl (C=O) groups excluding carboxylic acids is 1. The van der Waals surface area contributed by atoms with Crippen molar-refractivity contribution < 1.29 is 40.0 Å². The molecule has 0 saturated carbocycles. The lowest BCUT2D eigenvalue weighted by Crippen LogP contribution is -2.45. The van der Waals surface area contributed by atoms with Crippen LogP contribution in [0.3, 0.4) is 0 Å². The van der Waals surface area contributed by atoms with E-state index in [2.05, 4.69) is 14.7 Å². The molecule has 1 aliphatic heterocycles. The zero-order chi connectivity index (χ0) is 28.0. The van der Waals surface area contributed by atoms with Crippen LogP contribution in [-0.2, 0) is 21.2 Å². The van der Waals surface area contributed by atoms with E-state index in [4.69, 9.17) is 16.2 Å². The van der Waals surface area contributed by atoms with Crippen molar-refractivity contribution in [1.82, 2.24) is 10.1 Å². The van der Waals surface area contributed by atoms with E-state index >= 15 is 4.39 Å². The topological polar surface area (TPSA) is 155 Å². The van der Waals surface area contributed by atoms with Crippen LogP contribution in [0.1, 0.15) is 31.3 Å². The second-order valence-corrected chi connectivity index (χ2v) is 10.9. The fourth-order valence-corrected chi connectivity index (χ4v) is 5.36. The summed E-state index contributed by atoms with van der Waals surface area (Å²) in [5.41, 5.74) is 10.8. The molecule has 0 bridgehead atoms. The molecule has 0 aliphatic carbocycles. The lowest BCUT2D eigenvalue weighted by molar-refractivity contribution is -0.154. The third-order valence-corrected chi connectivity index (χ3v) is 7.39. The number of carbonyl (C=O) groups is 1. The molecule has 204 valence electrons. The maximum absolute atomic E-state index is 15.1. The molecule has 0 fully saturated rings. The number of nitrogens with zero attached hydrogens (tertiary/aromatic N) is 3. The molecule has 2 atom stereocenters. The van der Waals surface area contributed by atoms with Gasteiger partial charge in [0.15, 0.2) is 15.9 Å². The highest BCUT2D eigenvalue weighted by Crippen LogP contribution is 2.37. The highest BCUT2D eigenvalue weighted by atomic mass is 32.2. The Morgan fingerprint density at radius 2 is 1.87 bits per heavy atom. The van der Waals surface area contributed by atoms with E-state index in [1.54, 1.807) is 24.3 Å². The largest absolute Gasteiger partial charge is 0.491 e. The molecule has 2 heterocycles. The molecule has 1 aromatic heterocycles. The molecular weight excluding hydrogens is 534 g/mol. The molecule has 0 radical (unpaired) electrons. The summed E-state index contributed by atoms with van der Waals surface area (Å²) in [4.78, 5) is 17.3. The SMILES string of the molecule is CC(C)Oc1ccc(CN2C(=O)[C@@H](N)CS(=O)(=O)c3cc(F)c(-c4noc(C(N)C(F)(F)F)n4)cc32)cc1. The monoisotopic (exact) mass is 557 g/mol. The number of sulfone groups is 1. The molecule has 15 heteroatoms. The third kappa shape index (κ3) is 5.49. The quantitative estimate of drug-likeness (QED) is 0.435. The number of anilines is 1. The van der Waals surface area contributed by atoms with Gasteiger partial charge in [-0.25, -0.2) is 12.8 Å². The summed E-state index contributed by atoms with van der Waals surface area (Å²) >= 11 is 0. The molecular formula is C23H23F4N5O5S. The van der Waals surface area contributed by atoms with Gasteiger partial charge in [-0.15, -0.1) is 0 Å². The number of hydrogen-bond acceptors (Lipinski definition) is 9. The lowest BCUT2D eigenvalue weighted by atomic mass is 10.1. The van der Waals surface area contributed by atoms with Crippen LogP contribution in [0.15, 0.2) is 45.8 Å². The Kier molecular flexibility index (Phi) is 7.20. The van der Waals surface area contributed by atoms with E-state index in [0.717, 1.165) is 11.0 Å². The number of benzene rings is 2. The number of halogens is 4. The zero-order valence-corrected chi connectivity index (χ0v) is 20.9. The number of ether oxygens (including phenoxy) is 1. The van der Waals surface area contributed by atoms with E-state index < -0.39 is 67.7 Å². The number of alkyl halides is 3. The van der Waals surface area contributed by atoms with E-state index in [9.17, 15) is 26.4 Å². The van der Waals surface area contributed by atoms with Crippen molar-refractivity contribution in [3.05, 3.63) is 53.7 Å². The van der Waals surface area contributed by atoms with Crippen LogP contribution in [0.5, 0.6) is 5.75 Å². The van der Waals surface area contributed by atoms with Gasteiger partial charge in [-0.05, 0) is 43.7 Å². The Hall–Kier alpha value is -3.56. The Morgan fingerprint density at radius 3 is 2.47 bits per heavy atom. The Morgan fingerprint density at radius 1 is 1.21 bits per heavy atom. The van der Waals surface area contributed by atoms with Crippen LogP contribution in [0, 0.1) is 5.82 Å². The number of amides is 1. The van der Waals surface area contributed by atoms with Crippen molar-refractivity contribution in [3.8, 4) is 17.1 Å². The molecule has 3 aromatic rings. The first kappa shape index (κ1) is 27.5. The summed E-state index contributed by atoms with van der Waals surface area (Å²) in [6, 6.07) is 4.18. The van der Waals surface area contributed by atoms with Crippen molar-refractivity contribution in [2.24, 2.45) is 11.5 Å². The molecule has 2 aromatic carbocycles. The fraction of sp³-hybridized carbons (Fsp3) is 0.348. The zero-order valence-electron chi connectivity index (χ0n) is 20.1. The van der Waals surface area contributed by atoms with Gasteiger partial charge in [-0.2, -0.15) is 18.2 Å². The smallest absolute Gasteiger partial charge is 0.412 e. The summed E-state index contributed by atoms with van der Waals surface area (Å²) in [6.07, 6.45) is -4.98. The van der Waals surface area contributed by atoms with Crippen molar-refractivity contribution in [3.63, 3.8) is 0 Å². The average Bonchev–Trinajstić information content (AvgIpc) is 3.29. The second-order valence-electron chi connectivity index (χ2n) is 8.90. The molecule has 38 heavy (non-hydrogen) atoms. The number of rotatable bonds is 6. The molecule has 0 saturated heterocycles. The number of aromatic nitrogens is 2. The minimum atomic E-state index is -4.90. The average molecular weight is 558 g/mol. The molecule has 4 N–H and O–H groups in total. The summed E-state index contributed by atoms with van der Waals surface area (Å²) < 4.78 is 90.0. The Bertz CT molecular complexity index is 1460. The predicted octanol–water partition coefficient (Wildman–Crippen LogP) is 2.87. The van der Waals surface area contributed by atoms with E-state index in [0.29, 0.717) is 17.4 Å². The van der Waals surface area contributed by atoms with Crippen LogP contribution >= 0.6 is 0 Å². The van der Waals surface area contributed by atoms with Gasteiger partial charge >= 0.3 is 6.18 Å². The number of nitrogens with two attached hydrogens (primary N) is 2. The maximum atomic E-state index is 15.1. The van der Waals surface area contributed by atoms with Crippen LogP contribution in [-0.4, -0.2) is 48.5 Å². The predicted molar refractivity (Wildman–Crippen MR) is 126 cm³/mol. The van der Waals surface area contributed by atoms with Crippen LogP contribution < -0.4 is 21.1 Å². The van der Waals surface area contributed by atoms with E-state index in [1.807, 2.05) is 13.8 Å². The highest BCUT2D eigenvalue weighted by Gasteiger charge is 2.42. The van der Waals surface area contributed by atoms with Crippen LogP contribution in [0.2, 0.25) is 0 Å². The summed E-state index contributed by atoms with van der Waals surface area (Å²) in [5.74, 6) is -3.78. The first-order valence-corrected chi connectivity index (χ1v) is 12.9. The van der Waals surface area contributed by atoms with E-state index in [-0.39, 0.29) is 18.3 Å². The standard InChI is InChI=1S/C23H23F4N5O5S/c1-11(2)36-13-5-3-12(4-6-13)9-32-17-7-14(20-30-21(37-31-20)19(29)23(25,26)27)15(24)8-18(17)38(34,35)10-16(28)22(32)33/h3-8,11,16,19H,9-10,28-29H2,1-2H3/t16-,19?/m0/s1. The van der Waals surface area contributed by atoms with Gasteiger partial charge in [0, 0.05) is 0 Å². The fourth-order valence-electron chi connectivity index (χ4n) is 3.79. The maximum Gasteiger partial charge on any atom is 0.412 e. The van der Waals surface area contributed by atoms with Crippen LogP contribution in [0.25, 0.3) is 11.4 Å². The first-order chi connectivity index (χ1) is 17.7. The van der Waals surface area contributed by atoms with Gasteiger partial charge in [0.05, 0.1) is 40.6 Å². The normalized spacial score (nSPS) is 18.3. The minimum Gasteiger partial charge on any atom is -0.491 e. The second kappa shape index (κ2) is 9.96. The van der Waals surface area contributed by atoms with Gasteiger partial charge in [-0.1, -0.05) is 17.3 Å². The van der Waals surface area contributed by atoms with E-state index in [1.165, 1.54) is 0 Å². The lowest BCUT2D eigenvalue weighted by Gasteiger charge is -2.25. The first-order valence-electron chi connectivity index (χ1n) is 11.2. The minimum absolute atomic E-state index is 0.0761. The van der Waals surface area contributed by atoms with Crippen LogP contribution in [0.4, 0.5) is 23.2 Å². The molecule has 1 unspecified atom stereocenters. The summed E-state index contributed by atoms with van der Waals surface area (Å²) in [7, 11) is -4.24. The van der Waals surface area contributed by atoms with Crippen molar-refractivity contribution >= 4 is 21.4 Å². The molecule has 4 rings (SSSR count). The highest BCUT2D eigenvalue weighted by molar-refractivity contribution is 7.91. The molecule has 1 aliphatic rings. The van der Waals surface area contributed by atoms with Crippen molar-refractivity contribution in [2.75, 3.05) is 10.7 Å². The van der Waals surface area contributed by atoms with Crippen molar-refractivity contribution in [2.45, 2.75) is 49.7 Å². The van der Waals surface area contributed by atoms with Gasteiger partial charge in [0.1, 0.15) is 11.6 Å². The molecule has 0 spiro atoms.